The Kier molecular flexibility index (Phi) is 6.80. The lowest BCUT2D eigenvalue weighted by molar-refractivity contribution is -0.145. The van der Waals surface area contributed by atoms with E-state index in [4.69, 9.17) is 36.1 Å². The Labute approximate surface area is 203 Å². The van der Waals surface area contributed by atoms with E-state index in [1.165, 1.54) is 0 Å². The van der Waals surface area contributed by atoms with Crippen LogP contribution in [0.4, 0.5) is 10.5 Å². The van der Waals surface area contributed by atoms with Gasteiger partial charge in [0.25, 0.3) is 5.89 Å². The monoisotopic (exact) mass is 491 g/mol. The maximum absolute atomic E-state index is 11.5. The number of piperidine rings is 2. The number of rotatable bonds is 5. The number of fused-ring (bicyclic) bond motifs is 1. The van der Waals surface area contributed by atoms with Crippen molar-refractivity contribution < 1.29 is 23.5 Å². The van der Waals surface area contributed by atoms with Gasteiger partial charge in [0.05, 0.1) is 29.5 Å². The summed E-state index contributed by atoms with van der Waals surface area (Å²) in [5.74, 6) is 2.01. The van der Waals surface area contributed by atoms with Crippen LogP contribution in [0.15, 0.2) is 10.5 Å². The molecule has 1 aromatic heterocycles. The van der Waals surface area contributed by atoms with Crippen molar-refractivity contribution in [3.8, 4) is 17.2 Å². The zero-order valence-electron chi connectivity index (χ0n) is 19.3. The molecule has 0 radical (unpaired) electrons. The SMILES string of the molecule is CCOC(=O)ON1CCC(N2CCC(c3nnc(-c4cc(Cl)c(N)c5c4OCC5)o3)CC2)CC1. The van der Waals surface area contributed by atoms with Crippen molar-refractivity contribution in [1.82, 2.24) is 20.2 Å². The number of anilines is 1. The van der Waals surface area contributed by atoms with Crippen molar-refractivity contribution in [2.45, 2.75) is 51.0 Å². The molecule has 0 aliphatic carbocycles. The van der Waals surface area contributed by atoms with Crippen LogP contribution in [0.3, 0.4) is 0 Å². The first kappa shape index (κ1) is 23.2. The predicted octanol–water partition coefficient (Wildman–Crippen LogP) is 3.64. The number of likely N-dealkylation sites (tertiary alicyclic amines) is 1. The molecule has 3 aliphatic heterocycles. The molecule has 0 amide bonds. The predicted molar refractivity (Wildman–Crippen MR) is 125 cm³/mol. The molecule has 2 aromatic rings. The minimum atomic E-state index is -0.626. The standard InChI is InChI=1S/C23H30ClN5O5/c1-2-31-23(30)34-29-10-5-15(6-11-29)28-8-3-14(4-9-28)21-26-27-22(33-21)17-13-18(24)19(25)16-7-12-32-20(16)17/h13-15H,2-12,25H2,1H3. The van der Waals surface area contributed by atoms with Crippen molar-refractivity contribution in [2.75, 3.05) is 45.1 Å². The first-order valence-electron chi connectivity index (χ1n) is 11.9. The van der Waals surface area contributed by atoms with Gasteiger partial charge in [-0.1, -0.05) is 11.6 Å². The zero-order valence-corrected chi connectivity index (χ0v) is 20.1. The van der Waals surface area contributed by atoms with E-state index in [-0.39, 0.29) is 5.92 Å². The number of nitrogens with two attached hydrogens (primary N) is 1. The van der Waals surface area contributed by atoms with Crippen LogP contribution in [0.2, 0.25) is 5.02 Å². The third-order valence-electron chi connectivity index (χ3n) is 6.93. The average Bonchev–Trinajstić information content (AvgIpc) is 3.53. The van der Waals surface area contributed by atoms with Crippen molar-refractivity contribution in [2.24, 2.45) is 0 Å². The van der Waals surface area contributed by atoms with Crippen LogP contribution in [0.5, 0.6) is 5.75 Å². The fourth-order valence-electron chi connectivity index (χ4n) is 5.09. The lowest BCUT2D eigenvalue weighted by atomic mass is 9.93. The number of nitrogen functional groups attached to an aromatic ring is 1. The van der Waals surface area contributed by atoms with E-state index in [1.54, 1.807) is 18.1 Å². The lowest BCUT2D eigenvalue weighted by Gasteiger charge is -2.40. The molecule has 0 bridgehead atoms. The highest BCUT2D eigenvalue weighted by Crippen LogP contribution is 2.43. The van der Waals surface area contributed by atoms with Crippen LogP contribution >= 0.6 is 11.6 Å². The van der Waals surface area contributed by atoms with Crippen LogP contribution in [-0.4, -0.2) is 71.8 Å². The van der Waals surface area contributed by atoms with Crippen molar-refractivity contribution in [3.63, 3.8) is 0 Å². The summed E-state index contributed by atoms with van der Waals surface area (Å²) in [5, 5.41) is 10.8. The second-order valence-electron chi connectivity index (χ2n) is 8.92. The Hall–Kier alpha value is -2.56. The maximum atomic E-state index is 11.5. The van der Waals surface area contributed by atoms with Crippen molar-refractivity contribution in [1.29, 1.82) is 0 Å². The molecule has 0 unspecified atom stereocenters. The van der Waals surface area contributed by atoms with Crippen LogP contribution in [0.25, 0.3) is 11.5 Å². The molecule has 2 saturated heterocycles. The summed E-state index contributed by atoms with van der Waals surface area (Å²) in [6.45, 7) is 6.02. The fourth-order valence-corrected chi connectivity index (χ4v) is 5.32. The summed E-state index contributed by atoms with van der Waals surface area (Å²) < 4.78 is 16.7. The third kappa shape index (κ3) is 4.67. The molecule has 184 valence electrons. The molecule has 3 aliphatic rings. The smallest absolute Gasteiger partial charge is 0.492 e. The van der Waals surface area contributed by atoms with E-state index in [0.717, 1.165) is 50.8 Å². The second-order valence-corrected chi connectivity index (χ2v) is 9.32. The van der Waals surface area contributed by atoms with E-state index in [1.807, 2.05) is 0 Å². The molecule has 0 atom stereocenters. The third-order valence-corrected chi connectivity index (χ3v) is 7.24. The molecule has 11 heteroatoms. The van der Waals surface area contributed by atoms with Gasteiger partial charge >= 0.3 is 6.16 Å². The summed E-state index contributed by atoms with van der Waals surface area (Å²) >= 11 is 6.33. The second kappa shape index (κ2) is 9.97. The Bertz CT molecular complexity index is 1030. The Morgan fingerprint density at radius 3 is 2.71 bits per heavy atom. The summed E-state index contributed by atoms with van der Waals surface area (Å²) in [6, 6.07) is 2.23. The highest BCUT2D eigenvalue weighted by atomic mass is 35.5. The number of benzene rings is 1. The number of ether oxygens (including phenoxy) is 2. The van der Waals surface area contributed by atoms with E-state index < -0.39 is 6.16 Å². The van der Waals surface area contributed by atoms with Crippen LogP contribution in [-0.2, 0) is 16.0 Å². The highest BCUT2D eigenvalue weighted by molar-refractivity contribution is 6.33. The quantitative estimate of drug-likeness (QED) is 0.490. The molecule has 5 rings (SSSR count). The lowest BCUT2D eigenvalue weighted by Crippen LogP contribution is -2.47. The Morgan fingerprint density at radius 2 is 1.97 bits per heavy atom. The van der Waals surface area contributed by atoms with Gasteiger partial charge in [-0.25, -0.2) is 4.79 Å². The average molecular weight is 492 g/mol. The Balaban J connectivity index is 1.16. The van der Waals surface area contributed by atoms with Crippen LogP contribution in [0, 0.1) is 0 Å². The maximum Gasteiger partial charge on any atom is 0.527 e. The molecule has 2 N–H and O–H groups in total. The van der Waals surface area contributed by atoms with Gasteiger partial charge in [0.2, 0.25) is 5.89 Å². The summed E-state index contributed by atoms with van der Waals surface area (Å²) in [5.41, 5.74) is 8.28. The van der Waals surface area contributed by atoms with Gasteiger partial charge in [-0.05, 0) is 51.8 Å². The van der Waals surface area contributed by atoms with E-state index in [2.05, 4.69) is 15.1 Å². The molecule has 1 aromatic carbocycles. The zero-order chi connectivity index (χ0) is 23.7. The first-order chi connectivity index (χ1) is 16.5. The highest BCUT2D eigenvalue weighted by Gasteiger charge is 2.32. The Morgan fingerprint density at radius 1 is 1.21 bits per heavy atom. The molecule has 2 fully saturated rings. The van der Waals surface area contributed by atoms with Crippen LogP contribution in [0.1, 0.15) is 50.0 Å². The largest absolute Gasteiger partial charge is 0.527 e. The number of carbonyl (C=O) groups excluding carboxylic acids is 1. The van der Waals surface area contributed by atoms with Gasteiger partial charge in [-0.3, -0.25) is 0 Å². The molecule has 0 spiro atoms. The topological polar surface area (TPSA) is 116 Å². The van der Waals surface area contributed by atoms with Crippen molar-refractivity contribution in [3.05, 3.63) is 22.5 Å². The number of halogens is 1. The number of hydroxylamine groups is 2. The number of hydrogen-bond donors (Lipinski definition) is 1. The van der Waals surface area contributed by atoms with Gasteiger partial charge < -0.3 is 29.4 Å². The van der Waals surface area contributed by atoms with Crippen LogP contribution < -0.4 is 10.5 Å². The van der Waals surface area contributed by atoms with E-state index in [9.17, 15) is 4.79 Å². The summed E-state index contributed by atoms with van der Waals surface area (Å²) in [7, 11) is 0. The fraction of sp³-hybridized carbons (Fsp3) is 0.609. The molecule has 4 heterocycles. The molecular weight excluding hydrogens is 462 g/mol. The molecule has 10 nitrogen and oxygen atoms in total. The minimum Gasteiger partial charge on any atom is -0.492 e. The van der Waals surface area contributed by atoms with Gasteiger partial charge in [-0.2, -0.15) is 0 Å². The molecule has 34 heavy (non-hydrogen) atoms. The van der Waals surface area contributed by atoms with Gasteiger partial charge in [0.15, 0.2) is 0 Å². The number of nitrogens with zero attached hydrogens (tertiary/aromatic N) is 4. The van der Waals surface area contributed by atoms with Gasteiger partial charge in [0.1, 0.15) is 5.75 Å². The minimum absolute atomic E-state index is 0.225. The number of hydrogen-bond acceptors (Lipinski definition) is 10. The normalized spacial score (nSPS) is 20.2. The number of carbonyl (C=O) groups is 1. The molecular formula is C23H30ClN5O5. The van der Waals surface area contributed by atoms with Crippen molar-refractivity contribution >= 4 is 23.4 Å². The van der Waals surface area contributed by atoms with Gasteiger partial charge in [-0.15, -0.1) is 15.3 Å². The molecule has 0 saturated carbocycles. The number of aromatic nitrogens is 2. The first-order valence-corrected chi connectivity index (χ1v) is 12.3. The summed E-state index contributed by atoms with van der Waals surface area (Å²) in [4.78, 5) is 19.3. The van der Waals surface area contributed by atoms with Gasteiger partial charge in [0, 0.05) is 37.0 Å². The summed E-state index contributed by atoms with van der Waals surface area (Å²) in [6.07, 6.45) is 3.92. The van der Waals surface area contributed by atoms with E-state index >= 15 is 0 Å². The van der Waals surface area contributed by atoms with E-state index in [0.29, 0.717) is 66.1 Å².